The van der Waals surface area contributed by atoms with E-state index in [0.29, 0.717) is 19.3 Å². The minimum absolute atomic E-state index is 0.264. The maximum absolute atomic E-state index is 13.2. The summed E-state index contributed by atoms with van der Waals surface area (Å²) in [6.45, 7) is 3.47. The van der Waals surface area contributed by atoms with Crippen molar-refractivity contribution in [1.29, 1.82) is 0 Å². The van der Waals surface area contributed by atoms with Crippen LogP contribution >= 0.6 is 0 Å². The molecule has 9 atom stereocenters. The predicted octanol–water partition coefficient (Wildman–Crippen LogP) is 13.1. The van der Waals surface area contributed by atoms with Crippen LogP contribution in [-0.4, -0.2) is 110 Å². The number of nitrogens with one attached hydrogen (secondary N) is 1. The number of ether oxygens (including phenoxy) is 2. The molecule has 0 radical (unpaired) electrons. The van der Waals surface area contributed by atoms with E-state index in [2.05, 4.69) is 31.3 Å². The van der Waals surface area contributed by atoms with Crippen LogP contribution in [0.4, 0.5) is 0 Å². The van der Waals surface area contributed by atoms with E-state index >= 15 is 0 Å². The molecule has 0 aromatic rings. The molecule has 0 aromatic heterocycles. The van der Waals surface area contributed by atoms with Crippen LogP contribution in [0.25, 0.3) is 0 Å². The van der Waals surface area contributed by atoms with E-state index in [0.717, 1.165) is 38.5 Å². The molecule has 0 aromatic carbocycles. The fraction of sp³-hybridized carbons (Fsp3) is 0.950. The smallest absolute Gasteiger partial charge is 0.249 e. The quantitative estimate of drug-likeness (QED) is 0.0215. The highest BCUT2D eigenvalue weighted by molar-refractivity contribution is 5.80. The number of rotatable bonds is 53. The molecule has 11 heteroatoms. The van der Waals surface area contributed by atoms with Gasteiger partial charge in [-0.3, -0.25) is 4.79 Å². The minimum Gasteiger partial charge on any atom is -0.394 e. The average molecular weight is 1010 g/mol. The van der Waals surface area contributed by atoms with Gasteiger partial charge >= 0.3 is 0 Å². The lowest BCUT2D eigenvalue weighted by atomic mass is 9.98. The Labute approximate surface area is 436 Å². The molecule has 1 heterocycles. The Balaban J connectivity index is 2.16. The molecule has 1 rings (SSSR count). The number of carbonyl (C=O) groups excluding carboxylic acids is 1. The van der Waals surface area contributed by atoms with Crippen LogP contribution in [0.2, 0.25) is 0 Å². The van der Waals surface area contributed by atoms with E-state index in [4.69, 9.17) is 9.47 Å². The summed E-state index contributed by atoms with van der Waals surface area (Å²) < 4.78 is 11.1. The Kier molecular flexibility index (Phi) is 47.5. The number of allylic oxidation sites excluding steroid dienone is 2. The number of hydrogen-bond donors (Lipinski definition) is 8. The second-order valence-corrected chi connectivity index (χ2v) is 21.8. The summed E-state index contributed by atoms with van der Waals surface area (Å²) >= 11 is 0. The Morgan fingerprint density at radius 1 is 0.479 bits per heavy atom. The molecule has 1 aliphatic heterocycles. The van der Waals surface area contributed by atoms with Gasteiger partial charge in [0.2, 0.25) is 5.91 Å². The SMILES string of the molecule is CCCCCCCCCCCCCC/C=C\CCCCCCCCCCCCCCCCCCC(O)C(=O)NC(COC1OC(CO)C(O)C(O)C1O)C(O)C(O)CCCCCCCCCCCCCC. The van der Waals surface area contributed by atoms with Crippen LogP contribution in [0.15, 0.2) is 12.2 Å². The monoisotopic (exact) mass is 1010 g/mol. The lowest BCUT2D eigenvalue weighted by Crippen LogP contribution is -2.60. The Bertz CT molecular complexity index is 1160. The summed E-state index contributed by atoms with van der Waals surface area (Å²) in [5.41, 5.74) is 0. The summed E-state index contributed by atoms with van der Waals surface area (Å²) in [5, 5.41) is 76.0. The summed E-state index contributed by atoms with van der Waals surface area (Å²) in [5.74, 6) is -0.692. The molecule has 1 aliphatic rings. The van der Waals surface area contributed by atoms with Crippen LogP contribution in [-0.2, 0) is 14.3 Å². The zero-order valence-corrected chi connectivity index (χ0v) is 46.2. The van der Waals surface area contributed by atoms with Crippen LogP contribution < -0.4 is 5.32 Å². The maximum Gasteiger partial charge on any atom is 0.249 e. The summed E-state index contributed by atoms with van der Waals surface area (Å²) in [7, 11) is 0. The largest absolute Gasteiger partial charge is 0.394 e. The second kappa shape index (κ2) is 49.7. The van der Waals surface area contributed by atoms with Gasteiger partial charge in [-0.15, -0.1) is 0 Å². The number of carbonyl (C=O) groups is 1. The van der Waals surface area contributed by atoms with Gasteiger partial charge in [0.25, 0.3) is 0 Å². The van der Waals surface area contributed by atoms with Gasteiger partial charge in [0.05, 0.1) is 25.4 Å². The molecule has 11 nitrogen and oxygen atoms in total. The van der Waals surface area contributed by atoms with Crippen LogP contribution in [0.5, 0.6) is 0 Å². The zero-order chi connectivity index (χ0) is 51.8. The lowest BCUT2D eigenvalue weighted by Gasteiger charge is -2.40. The predicted molar refractivity (Wildman–Crippen MR) is 293 cm³/mol. The second-order valence-electron chi connectivity index (χ2n) is 21.8. The minimum atomic E-state index is -1.66. The fourth-order valence-electron chi connectivity index (χ4n) is 10.1. The van der Waals surface area contributed by atoms with Crippen LogP contribution in [0.3, 0.4) is 0 Å². The highest BCUT2D eigenvalue weighted by Gasteiger charge is 2.44. The van der Waals surface area contributed by atoms with E-state index in [1.54, 1.807) is 0 Å². The van der Waals surface area contributed by atoms with E-state index in [1.807, 2.05) is 0 Å². The van der Waals surface area contributed by atoms with E-state index in [9.17, 15) is 40.5 Å². The lowest BCUT2D eigenvalue weighted by molar-refractivity contribution is -0.303. The van der Waals surface area contributed by atoms with Crippen molar-refractivity contribution in [2.24, 2.45) is 0 Å². The summed E-state index contributed by atoms with van der Waals surface area (Å²) in [4.78, 5) is 13.2. The zero-order valence-electron chi connectivity index (χ0n) is 46.2. The first-order valence-electron chi connectivity index (χ1n) is 30.6. The number of amides is 1. The maximum atomic E-state index is 13.2. The van der Waals surface area contributed by atoms with Gasteiger partial charge in [0.15, 0.2) is 6.29 Å². The molecule has 0 bridgehead atoms. The molecule has 9 unspecified atom stereocenters. The third-order valence-electron chi connectivity index (χ3n) is 15.1. The van der Waals surface area contributed by atoms with Gasteiger partial charge in [0, 0.05) is 0 Å². The Morgan fingerprint density at radius 2 is 0.817 bits per heavy atom. The summed E-state index contributed by atoms with van der Waals surface area (Å²) in [6, 6.07) is -1.16. The van der Waals surface area contributed by atoms with Crippen molar-refractivity contribution in [3.05, 3.63) is 12.2 Å². The third kappa shape index (κ3) is 38.1. The van der Waals surface area contributed by atoms with Crippen LogP contribution in [0.1, 0.15) is 296 Å². The third-order valence-corrected chi connectivity index (χ3v) is 15.1. The molecule has 71 heavy (non-hydrogen) atoms. The molecule has 1 amide bonds. The van der Waals surface area contributed by atoms with Crippen LogP contribution in [0, 0.1) is 0 Å². The van der Waals surface area contributed by atoms with Crippen molar-refractivity contribution in [2.75, 3.05) is 13.2 Å². The first-order valence-corrected chi connectivity index (χ1v) is 30.6. The first kappa shape index (κ1) is 67.9. The number of hydrogen-bond acceptors (Lipinski definition) is 10. The number of aliphatic hydroxyl groups is 7. The normalized spacial score (nSPS) is 20.2. The van der Waals surface area contributed by atoms with Gasteiger partial charge in [-0.1, -0.05) is 270 Å². The molecular weight excluding hydrogens is 895 g/mol. The molecule has 0 spiro atoms. The van der Waals surface area contributed by atoms with E-state index in [1.165, 1.54) is 218 Å². The van der Waals surface area contributed by atoms with Gasteiger partial charge in [-0.05, 0) is 38.5 Å². The topological polar surface area (TPSA) is 189 Å². The van der Waals surface area contributed by atoms with Gasteiger partial charge in [-0.25, -0.2) is 0 Å². The molecule has 0 aliphatic carbocycles. The highest BCUT2D eigenvalue weighted by Crippen LogP contribution is 2.24. The molecular formula is C60H117NO10. The molecule has 422 valence electrons. The van der Waals surface area contributed by atoms with Gasteiger partial charge in [-0.2, -0.15) is 0 Å². The van der Waals surface area contributed by atoms with Crippen molar-refractivity contribution in [1.82, 2.24) is 5.32 Å². The highest BCUT2D eigenvalue weighted by atomic mass is 16.7. The van der Waals surface area contributed by atoms with Crippen molar-refractivity contribution >= 4 is 5.91 Å². The molecule has 0 saturated carbocycles. The van der Waals surface area contributed by atoms with E-state index in [-0.39, 0.29) is 6.42 Å². The van der Waals surface area contributed by atoms with E-state index < -0.39 is 74.2 Å². The molecule has 1 saturated heterocycles. The number of aliphatic hydroxyl groups excluding tert-OH is 7. The fourth-order valence-corrected chi connectivity index (χ4v) is 10.1. The van der Waals surface area contributed by atoms with Gasteiger partial charge in [0.1, 0.15) is 36.6 Å². The first-order chi connectivity index (χ1) is 34.7. The van der Waals surface area contributed by atoms with Crippen molar-refractivity contribution in [3.63, 3.8) is 0 Å². The van der Waals surface area contributed by atoms with Crippen molar-refractivity contribution in [3.8, 4) is 0 Å². The molecule has 8 N–H and O–H groups in total. The Morgan fingerprint density at radius 3 is 1.18 bits per heavy atom. The van der Waals surface area contributed by atoms with Crippen molar-refractivity contribution < 1.29 is 50.0 Å². The molecule has 1 fully saturated rings. The standard InChI is InChI=1S/C60H117NO10/c1-3-5-7-9-11-13-15-17-18-19-20-21-22-23-24-25-26-27-28-29-30-31-32-33-34-35-36-38-40-42-44-46-48-53(64)59(69)61-51(50-70-60-58(68)57(67)56(66)54(49-62)71-60)55(65)52(63)47-45-43-41-39-37-16-14-12-10-8-6-4-2/h23-24,51-58,60,62-68H,3-22,25-50H2,1-2H3,(H,61,69)/b24-23-. The van der Waals surface area contributed by atoms with Crippen molar-refractivity contribution in [2.45, 2.75) is 351 Å². The number of unbranched alkanes of at least 4 members (excludes halogenated alkanes) is 39. The average Bonchev–Trinajstić information content (AvgIpc) is 3.37. The van der Waals surface area contributed by atoms with Gasteiger partial charge < -0.3 is 50.5 Å². The summed E-state index contributed by atoms with van der Waals surface area (Å²) in [6.07, 6.45) is 47.2. The Hall–Kier alpha value is -1.15.